The van der Waals surface area contributed by atoms with E-state index in [9.17, 15) is 0 Å². The van der Waals surface area contributed by atoms with Crippen LogP contribution in [0.3, 0.4) is 0 Å². The molecule has 100 valence electrons. The van der Waals surface area contributed by atoms with Crippen molar-refractivity contribution >= 4 is 0 Å². The van der Waals surface area contributed by atoms with E-state index < -0.39 is 0 Å². The van der Waals surface area contributed by atoms with Crippen LogP contribution in [-0.4, -0.2) is 21.2 Å². The lowest BCUT2D eigenvalue weighted by Crippen LogP contribution is -2.16. The summed E-state index contributed by atoms with van der Waals surface area (Å²) in [5.74, 6) is 1.71. The van der Waals surface area contributed by atoms with Gasteiger partial charge in [0.1, 0.15) is 5.75 Å². The van der Waals surface area contributed by atoms with Crippen molar-refractivity contribution in [3.63, 3.8) is 0 Å². The Morgan fingerprint density at radius 2 is 2.26 bits per heavy atom. The molecule has 6 nitrogen and oxygen atoms in total. The van der Waals surface area contributed by atoms with Crippen LogP contribution in [0.4, 0.5) is 0 Å². The lowest BCUT2D eigenvalue weighted by Gasteiger charge is -2.05. The van der Waals surface area contributed by atoms with E-state index in [1.165, 1.54) is 12.8 Å². The van der Waals surface area contributed by atoms with Gasteiger partial charge in [-0.15, -0.1) is 10.2 Å². The summed E-state index contributed by atoms with van der Waals surface area (Å²) in [4.78, 5) is 4.34. The highest BCUT2D eigenvalue weighted by atomic mass is 16.5. The number of aromatic nitrogens is 3. The number of hydrogen-bond acceptors (Lipinski definition) is 6. The Bertz CT molecular complexity index is 534. The maximum absolute atomic E-state index is 5.52. The fraction of sp³-hybridized carbons (Fsp3) is 0.462. The zero-order valence-corrected chi connectivity index (χ0v) is 10.8. The van der Waals surface area contributed by atoms with E-state index in [1.807, 2.05) is 12.1 Å². The highest BCUT2D eigenvalue weighted by molar-refractivity contribution is 5.20. The topological polar surface area (TPSA) is 73.1 Å². The fourth-order valence-electron chi connectivity index (χ4n) is 1.68. The summed E-state index contributed by atoms with van der Waals surface area (Å²) in [5, 5.41) is 11.0. The molecule has 1 N–H and O–H groups in total. The van der Waals surface area contributed by atoms with Crippen LogP contribution in [0.5, 0.6) is 5.75 Å². The second-order valence-electron chi connectivity index (χ2n) is 4.64. The van der Waals surface area contributed by atoms with E-state index in [0.717, 1.165) is 12.2 Å². The Labute approximate surface area is 111 Å². The third-order valence-electron chi connectivity index (χ3n) is 2.88. The Morgan fingerprint density at radius 1 is 1.37 bits per heavy atom. The molecule has 0 unspecified atom stereocenters. The molecule has 1 aliphatic carbocycles. The predicted octanol–water partition coefficient (Wildman–Crippen LogP) is 1.60. The Hall–Kier alpha value is -1.95. The molecule has 2 aromatic heterocycles. The molecule has 0 spiro atoms. The summed E-state index contributed by atoms with van der Waals surface area (Å²) >= 11 is 0. The fourth-order valence-corrected chi connectivity index (χ4v) is 1.68. The van der Waals surface area contributed by atoms with E-state index >= 15 is 0 Å². The van der Waals surface area contributed by atoms with Gasteiger partial charge in [-0.2, -0.15) is 0 Å². The van der Waals surface area contributed by atoms with Gasteiger partial charge in [0.25, 0.3) is 5.89 Å². The molecule has 1 aliphatic rings. The van der Waals surface area contributed by atoms with E-state index in [-0.39, 0.29) is 6.61 Å². The lowest BCUT2D eigenvalue weighted by atomic mass is 10.3. The molecule has 1 saturated carbocycles. The summed E-state index contributed by atoms with van der Waals surface area (Å²) in [5.41, 5.74) is 1.02. The minimum Gasteiger partial charge on any atom is -0.482 e. The van der Waals surface area contributed by atoms with Gasteiger partial charge in [-0.1, -0.05) is 0 Å². The number of aryl methyl sites for hydroxylation is 1. The quantitative estimate of drug-likeness (QED) is 0.850. The zero-order valence-electron chi connectivity index (χ0n) is 10.8. The number of ether oxygens (including phenoxy) is 1. The molecule has 6 heteroatoms. The van der Waals surface area contributed by atoms with Gasteiger partial charge >= 0.3 is 0 Å². The van der Waals surface area contributed by atoms with Crippen molar-refractivity contribution in [1.82, 2.24) is 20.5 Å². The average molecular weight is 260 g/mol. The zero-order chi connectivity index (χ0) is 13.1. The van der Waals surface area contributed by atoms with E-state index in [0.29, 0.717) is 23.6 Å². The number of pyridine rings is 1. The van der Waals surface area contributed by atoms with Crippen molar-refractivity contribution in [2.75, 3.05) is 0 Å². The summed E-state index contributed by atoms with van der Waals surface area (Å²) in [7, 11) is 0. The molecule has 2 heterocycles. The van der Waals surface area contributed by atoms with E-state index in [1.54, 1.807) is 13.1 Å². The number of nitrogens with one attached hydrogen (secondary N) is 1. The first kappa shape index (κ1) is 12.1. The first-order chi connectivity index (χ1) is 9.29. The van der Waals surface area contributed by atoms with Gasteiger partial charge in [0.15, 0.2) is 6.61 Å². The van der Waals surface area contributed by atoms with Crippen molar-refractivity contribution < 1.29 is 9.15 Å². The van der Waals surface area contributed by atoms with E-state index in [2.05, 4.69) is 20.5 Å². The van der Waals surface area contributed by atoms with Gasteiger partial charge in [-0.3, -0.25) is 4.98 Å². The minimum absolute atomic E-state index is 0.266. The minimum atomic E-state index is 0.266. The molecule has 3 rings (SSSR count). The summed E-state index contributed by atoms with van der Waals surface area (Å²) in [6, 6.07) is 4.56. The normalized spacial score (nSPS) is 14.6. The molecule has 2 aromatic rings. The predicted molar refractivity (Wildman–Crippen MR) is 67.5 cm³/mol. The molecular formula is C13H16N4O2. The van der Waals surface area contributed by atoms with Crippen LogP contribution in [0.1, 0.15) is 30.3 Å². The summed E-state index contributed by atoms with van der Waals surface area (Å²) in [6.07, 6.45) is 4.28. The maximum atomic E-state index is 5.52. The van der Waals surface area contributed by atoms with Gasteiger partial charge in [-0.05, 0) is 25.0 Å². The van der Waals surface area contributed by atoms with Crippen molar-refractivity contribution in [2.45, 2.75) is 39.0 Å². The van der Waals surface area contributed by atoms with Crippen LogP contribution in [0, 0.1) is 6.92 Å². The van der Waals surface area contributed by atoms with Crippen LogP contribution in [0.25, 0.3) is 0 Å². The maximum Gasteiger partial charge on any atom is 0.253 e. The van der Waals surface area contributed by atoms with Gasteiger partial charge in [0.2, 0.25) is 5.89 Å². The first-order valence-electron chi connectivity index (χ1n) is 6.40. The first-order valence-corrected chi connectivity index (χ1v) is 6.40. The third-order valence-corrected chi connectivity index (χ3v) is 2.88. The van der Waals surface area contributed by atoms with Crippen LogP contribution in [0.15, 0.2) is 22.7 Å². The van der Waals surface area contributed by atoms with Crippen LogP contribution < -0.4 is 10.1 Å². The smallest absolute Gasteiger partial charge is 0.253 e. The Balaban J connectivity index is 1.50. The standard InChI is InChI=1S/C13H16N4O2/c1-9-16-17-13(19-9)8-18-12-5-4-11(15-7-12)6-14-10-2-3-10/h4-5,7,10,14H,2-3,6,8H2,1H3. The molecular weight excluding hydrogens is 244 g/mol. The van der Waals surface area contributed by atoms with E-state index in [4.69, 9.17) is 9.15 Å². The van der Waals surface area contributed by atoms with Crippen LogP contribution in [0.2, 0.25) is 0 Å². The number of nitrogens with zero attached hydrogens (tertiary/aromatic N) is 3. The average Bonchev–Trinajstić information content (AvgIpc) is 3.17. The van der Waals surface area contributed by atoms with Crippen molar-refractivity contribution in [2.24, 2.45) is 0 Å². The van der Waals surface area contributed by atoms with Crippen molar-refractivity contribution in [1.29, 1.82) is 0 Å². The summed E-state index contributed by atoms with van der Waals surface area (Å²) < 4.78 is 10.7. The molecule has 19 heavy (non-hydrogen) atoms. The Morgan fingerprint density at radius 3 is 2.89 bits per heavy atom. The van der Waals surface area contributed by atoms with Crippen molar-refractivity contribution in [3.8, 4) is 5.75 Å². The second-order valence-corrected chi connectivity index (χ2v) is 4.64. The molecule has 1 fully saturated rings. The lowest BCUT2D eigenvalue weighted by molar-refractivity contribution is 0.259. The molecule has 0 saturated heterocycles. The highest BCUT2D eigenvalue weighted by Gasteiger charge is 2.20. The molecule has 0 atom stereocenters. The largest absolute Gasteiger partial charge is 0.482 e. The number of hydrogen-bond donors (Lipinski definition) is 1. The molecule has 0 aliphatic heterocycles. The van der Waals surface area contributed by atoms with Gasteiger partial charge < -0.3 is 14.5 Å². The van der Waals surface area contributed by atoms with Crippen LogP contribution in [-0.2, 0) is 13.2 Å². The molecule has 0 radical (unpaired) electrons. The number of rotatable bonds is 6. The molecule has 0 bridgehead atoms. The van der Waals surface area contributed by atoms with Gasteiger partial charge in [0.05, 0.1) is 11.9 Å². The third kappa shape index (κ3) is 3.51. The second kappa shape index (κ2) is 5.36. The SMILES string of the molecule is Cc1nnc(COc2ccc(CNC3CC3)nc2)o1. The highest BCUT2D eigenvalue weighted by Crippen LogP contribution is 2.19. The molecule has 0 aromatic carbocycles. The van der Waals surface area contributed by atoms with Gasteiger partial charge in [0, 0.05) is 19.5 Å². The monoisotopic (exact) mass is 260 g/mol. The van der Waals surface area contributed by atoms with Crippen LogP contribution >= 0.6 is 0 Å². The summed E-state index contributed by atoms with van der Waals surface area (Å²) in [6.45, 7) is 2.83. The van der Waals surface area contributed by atoms with Crippen molar-refractivity contribution in [3.05, 3.63) is 35.8 Å². The molecule has 0 amide bonds. The van der Waals surface area contributed by atoms with Gasteiger partial charge in [-0.25, -0.2) is 0 Å². The Kier molecular flexibility index (Phi) is 3.41.